The summed E-state index contributed by atoms with van der Waals surface area (Å²) in [5, 5.41) is 11.0. The molecule has 0 spiro atoms. The molecule has 15 heavy (non-hydrogen) atoms. The van der Waals surface area contributed by atoms with Gasteiger partial charge in [0, 0.05) is 24.8 Å². The predicted octanol–water partition coefficient (Wildman–Crippen LogP) is 1.14. The molecule has 1 aromatic heterocycles. The van der Waals surface area contributed by atoms with Gasteiger partial charge in [0.15, 0.2) is 0 Å². The van der Waals surface area contributed by atoms with Gasteiger partial charge in [-0.1, -0.05) is 0 Å². The lowest BCUT2D eigenvalue weighted by atomic mass is 10.2. The fourth-order valence-corrected chi connectivity index (χ4v) is 0.984. The van der Waals surface area contributed by atoms with E-state index in [9.17, 15) is 9.59 Å². The van der Waals surface area contributed by atoms with Gasteiger partial charge in [-0.25, -0.2) is 9.78 Å². The van der Waals surface area contributed by atoms with Crippen LogP contribution in [-0.4, -0.2) is 22.0 Å². The standard InChI is InChI=1S/C10H10N2O3/c1-7(13)12-10-8(3-2-6-11-10)4-5-9(14)15/h2-6H,1H3,(H,14,15)(H,11,12,13)/b5-4-. The van der Waals surface area contributed by atoms with Crippen molar-refractivity contribution in [2.45, 2.75) is 6.92 Å². The smallest absolute Gasteiger partial charge is 0.328 e. The minimum atomic E-state index is -1.05. The number of aromatic nitrogens is 1. The molecule has 0 saturated carbocycles. The van der Waals surface area contributed by atoms with Crippen molar-refractivity contribution in [1.29, 1.82) is 0 Å². The maximum Gasteiger partial charge on any atom is 0.328 e. The van der Waals surface area contributed by atoms with E-state index >= 15 is 0 Å². The number of nitrogens with zero attached hydrogens (tertiary/aromatic N) is 1. The maximum absolute atomic E-state index is 10.8. The van der Waals surface area contributed by atoms with E-state index in [1.807, 2.05) is 0 Å². The first-order valence-corrected chi connectivity index (χ1v) is 4.23. The van der Waals surface area contributed by atoms with E-state index in [1.165, 1.54) is 19.2 Å². The van der Waals surface area contributed by atoms with Gasteiger partial charge in [0.25, 0.3) is 0 Å². The number of pyridine rings is 1. The summed E-state index contributed by atoms with van der Waals surface area (Å²) < 4.78 is 0. The summed E-state index contributed by atoms with van der Waals surface area (Å²) in [4.78, 5) is 25.0. The van der Waals surface area contributed by atoms with Gasteiger partial charge in [0.05, 0.1) is 0 Å². The van der Waals surface area contributed by atoms with Gasteiger partial charge >= 0.3 is 5.97 Å². The van der Waals surface area contributed by atoms with Crippen LogP contribution in [0.15, 0.2) is 24.4 Å². The maximum atomic E-state index is 10.8. The number of anilines is 1. The summed E-state index contributed by atoms with van der Waals surface area (Å²) in [6, 6.07) is 3.32. The molecule has 1 heterocycles. The van der Waals surface area contributed by atoms with E-state index in [1.54, 1.807) is 12.1 Å². The number of rotatable bonds is 3. The Morgan fingerprint density at radius 2 is 2.27 bits per heavy atom. The number of hydrogen-bond donors (Lipinski definition) is 2. The molecule has 0 radical (unpaired) electrons. The van der Waals surface area contributed by atoms with Gasteiger partial charge in [-0.3, -0.25) is 4.79 Å². The Labute approximate surface area is 86.5 Å². The molecule has 0 bridgehead atoms. The van der Waals surface area contributed by atoms with Crippen LogP contribution in [0.1, 0.15) is 12.5 Å². The van der Waals surface area contributed by atoms with E-state index in [4.69, 9.17) is 5.11 Å². The highest BCUT2D eigenvalue weighted by atomic mass is 16.4. The monoisotopic (exact) mass is 206 g/mol. The average Bonchev–Trinajstić information content (AvgIpc) is 2.15. The van der Waals surface area contributed by atoms with E-state index in [2.05, 4.69) is 10.3 Å². The molecule has 0 atom stereocenters. The molecule has 0 aliphatic rings. The molecule has 0 aliphatic heterocycles. The number of carboxylic acid groups (broad SMARTS) is 1. The van der Waals surface area contributed by atoms with Crippen molar-refractivity contribution in [1.82, 2.24) is 4.98 Å². The third kappa shape index (κ3) is 3.60. The summed E-state index contributed by atoms with van der Waals surface area (Å²) in [6.45, 7) is 1.36. The number of nitrogens with one attached hydrogen (secondary N) is 1. The molecule has 78 valence electrons. The minimum absolute atomic E-state index is 0.251. The molecule has 1 amide bonds. The summed E-state index contributed by atoms with van der Waals surface area (Å²) in [5.74, 6) is -0.950. The third-order valence-electron chi connectivity index (χ3n) is 1.54. The Kier molecular flexibility index (Phi) is 3.56. The topological polar surface area (TPSA) is 79.3 Å². The molecular weight excluding hydrogens is 196 g/mol. The van der Waals surface area contributed by atoms with Crippen LogP contribution in [0.2, 0.25) is 0 Å². The third-order valence-corrected chi connectivity index (χ3v) is 1.54. The highest BCUT2D eigenvalue weighted by Crippen LogP contribution is 2.12. The van der Waals surface area contributed by atoms with Crippen LogP contribution < -0.4 is 5.32 Å². The fraction of sp³-hybridized carbons (Fsp3) is 0.100. The molecule has 5 nitrogen and oxygen atoms in total. The lowest BCUT2D eigenvalue weighted by Gasteiger charge is -2.03. The molecule has 0 aromatic carbocycles. The number of carbonyl (C=O) groups excluding carboxylic acids is 1. The number of aliphatic carboxylic acids is 1. The van der Waals surface area contributed by atoms with Crippen LogP contribution in [0, 0.1) is 0 Å². The molecule has 2 N–H and O–H groups in total. The zero-order chi connectivity index (χ0) is 11.3. The van der Waals surface area contributed by atoms with Crippen LogP contribution in [0.5, 0.6) is 0 Å². The molecule has 0 unspecified atom stereocenters. The van der Waals surface area contributed by atoms with Gasteiger partial charge in [0.1, 0.15) is 5.82 Å². The zero-order valence-electron chi connectivity index (χ0n) is 8.10. The summed E-state index contributed by atoms with van der Waals surface area (Å²) in [5.41, 5.74) is 0.551. The second-order valence-corrected chi connectivity index (χ2v) is 2.79. The molecule has 1 rings (SSSR count). The summed E-state index contributed by atoms with van der Waals surface area (Å²) >= 11 is 0. The first-order valence-electron chi connectivity index (χ1n) is 4.23. The highest BCUT2D eigenvalue weighted by Gasteiger charge is 2.01. The second kappa shape index (κ2) is 4.90. The number of amides is 1. The lowest BCUT2D eigenvalue weighted by molar-refractivity contribution is -0.131. The quantitative estimate of drug-likeness (QED) is 0.727. The van der Waals surface area contributed by atoms with E-state index < -0.39 is 5.97 Å². The predicted molar refractivity (Wildman–Crippen MR) is 55.2 cm³/mol. The number of carbonyl (C=O) groups is 2. The van der Waals surface area contributed by atoms with Crippen molar-refractivity contribution in [3.05, 3.63) is 30.0 Å². The highest BCUT2D eigenvalue weighted by molar-refractivity contribution is 5.91. The summed E-state index contributed by atoms with van der Waals surface area (Å²) in [6.07, 6.45) is 3.88. The van der Waals surface area contributed by atoms with Crippen LogP contribution in [0.4, 0.5) is 5.82 Å². The normalized spacial score (nSPS) is 10.2. The Balaban J connectivity index is 2.95. The first kappa shape index (κ1) is 10.9. The van der Waals surface area contributed by atoms with Gasteiger partial charge in [0.2, 0.25) is 5.91 Å². The van der Waals surface area contributed by atoms with Gasteiger partial charge < -0.3 is 10.4 Å². The zero-order valence-corrected chi connectivity index (χ0v) is 8.10. The van der Waals surface area contributed by atoms with Crippen LogP contribution in [0.25, 0.3) is 6.08 Å². The Bertz CT molecular complexity index is 413. The SMILES string of the molecule is CC(=O)Nc1ncccc1/C=C\C(=O)O. The fourth-order valence-electron chi connectivity index (χ4n) is 0.984. The van der Waals surface area contributed by atoms with Crippen LogP contribution >= 0.6 is 0 Å². The molecular formula is C10H10N2O3. The van der Waals surface area contributed by atoms with Crippen molar-refractivity contribution >= 4 is 23.8 Å². The average molecular weight is 206 g/mol. The molecule has 0 fully saturated rings. The second-order valence-electron chi connectivity index (χ2n) is 2.79. The molecule has 1 aromatic rings. The Morgan fingerprint density at radius 3 is 2.87 bits per heavy atom. The number of carboxylic acids is 1. The van der Waals surface area contributed by atoms with Crippen molar-refractivity contribution in [3.8, 4) is 0 Å². The van der Waals surface area contributed by atoms with Crippen LogP contribution in [0.3, 0.4) is 0 Å². The number of hydrogen-bond acceptors (Lipinski definition) is 3. The van der Waals surface area contributed by atoms with E-state index in [0.29, 0.717) is 11.4 Å². The van der Waals surface area contributed by atoms with Gasteiger partial charge in [-0.05, 0) is 18.2 Å². The summed E-state index contributed by atoms with van der Waals surface area (Å²) in [7, 11) is 0. The van der Waals surface area contributed by atoms with E-state index in [0.717, 1.165) is 6.08 Å². The van der Waals surface area contributed by atoms with E-state index in [-0.39, 0.29) is 5.91 Å². The lowest BCUT2D eigenvalue weighted by Crippen LogP contribution is -2.08. The Hall–Kier alpha value is -2.17. The van der Waals surface area contributed by atoms with Gasteiger partial charge in [-0.15, -0.1) is 0 Å². The van der Waals surface area contributed by atoms with Crippen molar-refractivity contribution in [3.63, 3.8) is 0 Å². The van der Waals surface area contributed by atoms with Crippen molar-refractivity contribution in [2.24, 2.45) is 0 Å². The Morgan fingerprint density at radius 1 is 1.53 bits per heavy atom. The first-order chi connectivity index (χ1) is 7.09. The van der Waals surface area contributed by atoms with Crippen molar-refractivity contribution in [2.75, 3.05) is 5.32 Å². The van der Waals surface area contributed by atoms with Crippen molar-refractivity contribution < 1.29 is 14.7 Å². The van der Waals surface area contributed by atoms with Gasteiger partial charge in [-0.2, -0.15) is 0 Å². The molecule has 5 heteroatoms. The molecule has 0 saturated heterocycles. The largest absolute Gasteiger partial charge is 0.478 e. The minimum Gasteiger partial charge on any atom is -0.478 e. The van der Waals surface area contributed by atoms with Crippen LogP contribution in [-0.2, 0) is 9.59 Å². The molecule has 0 aliphatic carbocycles.